The van der Waals surface area contributed by atoms with Crippen molar-refractivity contribution in [2.24, 2.45) is 12.8 Å². The molecule has 1 aliphatic rings. The number of allylic oxidation sites excluding steroid dienone is 2. The first kappa shape index (κ1) is 9.56. The molecule has 1 unspecified atom stereocenters. The summed E-state index contributed by atoms with van der Waals surface area (Å²) in [4.78, 5) is 1.59. The lowest BCUT2D eigenvalue weighted by Gasteiger charge is -2.11. The summed E-state index contributed by atoms with van der Waals surface area (Å²) in [7, 11) is 2.60. The first-order valence-corrected chi connectivity index (χ1v) is 5.70. The topological polar surface area (TPSA) is 56.7 Å². The zero-order valence-electron chi connectivity index (χ0n) is 8.07. The molecule has 1 atom stereocenters. The smallest absolute Gasteiger partial charge is 0.113 e. The number of aryl methyl sites for hydroxylation is 1. The van der Waals surface area contributed by atoms with Crippen LogP contribution >= 0.6 is 8.58 Å². The summed E-state index contributed by atoms with van der Waals surface area (Å²) in [6.45, 7) is 0.664. The molecule has 0 fully saturated rings. The Labute approximate surface area is 84.7 Å². The number of aromatic nitrogens is 3. The molecule has 0 aliphatic carbocycles. The van der Waals surface area contributed by atoms with Crippen molar-refractivity contribution in [2.75, 3.05) is 12.7 Å². The molecule has 0 spiro atoms. The molecule has 0 saturated carbocycles. The Kier molecular flexibility index (Phi) is 2.75. The van der Waals surface area contributed by atoms with E-state index in [2.05, 4.69) is 22.3 Å². The van der Waals surface area contributed by atoms with Crippen molar-refractivity contribution >= 4 is 13.9 Å². The molecule has 0 bridgehead atoms. The Morgan fingerprint density at radius 1 is 1.57 bits per heavy atom. The molecule has 1 aromatic rings. The van der Waals surface area contributed by atoms with Gasteiger partial charge in [-0.25, -0.2) is 0 Å². The molecule has 0 amide bonds. The lowest BCUT2D eigenvalue weighted by molar-refractivity contribution is 0.652. The number of nitrogens with two attached hydrogens (primary N) is 1. The molecule has 5 heteroatoms. The van der Waals surface area contributed by atoms with Crippen molar-refractivity contribution < 1.29 is 0 Å². The van der Waals surface area contributed by atoms with Gasteiger partial charge in [0.25, 0.3) is 0 Å². The first-order valence-electron chi connectivity index (χ1n) is 4.50. The van der Waals surface area contributed by atoms with Crippen LogP contribution in [0.1, 0.15) is 5.69 Å². The third-order valence-electron chi connectivity index (χ3n) is 2.13. The minimum Gasteiger partial charge on any atom is -0.327 e. The van der Waals surface area contributed by atoms with Crippen LogP contribution in [-0.4, -0.2) is 27.7 Å². The van der Waals surface area contributed by atoms with Crippen LogP contribution in [0.15, 0.2) is 23.9 Å². The summed E-state index contributed by atoms with van der Waals surface area (Å²) in [5, 5.41) is 9.60. The molecule has 74 valence electrons. The predicted molar refractivity (Wildman–Crippen MR) is 59.3 cm³/mol. The maximum absolute atomic E-state index is 5.57. The van der Waals surface area contributed by atoms with Crippen LogP contribution in [0.4, 0.5) is 0 Å². The summed E-state index contributed by atoms with van der Waals surface area (Å²) in [5.41, 5.74) is 7.87. The normalized spacial score (nSPS) is 18.1. The van der Waals surface area contributed by atoms with Crippen LogP contribution in [-0.2, 0) is 7.05 Å². The Balaban J connectivity index is 2.21. The summed E-state index contributed by atoms with van der Waals surface area (Å²) < 4.78 is 0. The zero-order chi connectivity index (χ0) is 9.97. The summed E-state index contributed by atoms with van der Waals surface area (Å²) in [6.07, 6.45) is 7.08. The van der Waals surface area contributed by atoms with E-state index in [4.69, 9.17) is 5.73 Å². The highest BCUT2D eigenvalue weighted by atomic mass is 31.1. The highest BCUT2D eigenvalue weighted by Gasteiger charge is 2.09. The van der Waals surface area contributed by atoms with Gasteiger partial charge in [-0.05, 0) is 6.16 Å². The Morgan fingerprint density at radius 3 is 2.93 bits per heavy atom. The zero-order valence-corrected chi connectivity index (χ0v) is 9.07. The molecule has 2 rings (SSSR count). The standard InChI is InChI=1S/C9H13N4P/c1-13-11-5-8(12-13)9-3-2-7(4-10)6-14-9/h2-3,5,14H,4,6,10H2,1H3. The Hall–Kier alpha value is -0.990. The van der Waals surface area contributed by atoms with Gasteiger partial charge in [-0.3, -0.25) is 0 Å². The first-order chi connectivity index (χ1) is 6.79. The van der Waals surface area contributed by atoms with Crippen molar-refractivity contribution in [3.05, 3.63) is 29.6 Å². The minimum atomic E-state index is 0.664. The quantitative estimate of drug-likeness (QED) is 0.729. The highest BCUT2D eigenvalue weighted by molar-refractivity contribution is 7.50. The summed E-state index contributed by atoms with van der Waals surface area (Å²) in [6, 6.07) is 0. The molecular weight excluding hydrogens is 195 g/mol. The van der Waals surface area contributed by atoms with E-state index in [1.807, 2.05) is 7.05 Å². The van der Waals surface area contributed by atoms with E-state index in [0.29, 0.717) is 6.54 Å². The van der Waals surface area contributed by atoms with Gasteiger partial charge in [0.1, 0.15) is 5.69 Å². The molecule has 14 heavy (non-hydrogen) atoms. The van der Waals surface area contributed by atoms with Crippen LogP contribution in [0.2, 0.25) is 0 Å². The lowest BCUT2D eigenvalue weighted by Crippen LogP contribution is -2.06. The van der Waals surface area contributed by atoms with Crippen LogP contribution in [0.3, 0.4) is 0 Å². The second-order valence-corrected chi connectivity index (χ2v) is 4.43. The second kappa shape index (κ2) is 4.03. The monoisotopic (exact) mass is 208 g/mol. The highest BCUT2D eigenvalue weighted by Crippen LogP contribution is 2.36. The van der Waals surface area contributed by atoms with Gasteiger partial charge in [0.2, 0.25) is 0 Å². The fourth-order valence-corrected chi connectivity index (χ4v) is 2.49. The second-order valence-electron chi connectivity index (χ2n) is 3.18. The largest absolute Gasteiger partial charge is 0.327 e. The van der Waals surface area contributed by atoms with E-state index in [9.17, 15) is 0 Å². The van der Waals surface area contributed by atoms with E-state index in [-0.39, 0.29) is 0 Å². The van der Waals surface area contributed by atoms with Crippen LogP contribution in [0.5, 0.6) is 0 Å². The number of rotatable bonds is 2. The van der Waals surface area contributed by atoms with Crippen molar-refractivity contribution in [1.82, 2.24) is 15.0 Å². The number of nitrogens with zero attached hydrogens (tertiary/aromatic N) is 3. The van der Waals surface area contributed by atoms with Gasteiger partial charge in [0, 0.05) is 18.9 Å². The van der Waals surface area contributed by atoms with Gasteiger partial charge in [-0.15, -0.1) is 0 Å². The third kappa shape index (κ3) is 1.91. The average molecular weight is 208 g/mol. The Morgan fingerprint density at radius 2 is 2.43 bits per heavy atom. The summed E-state index contributed by atoms with van der Waals surface area (Å²) in [5.74, 6) is 0. The minimum absolute atomic E-state index is 0.664. The van der Waals surface area contributed by atoms with Crippen LogP contribution < -0.4 is 5.73 Å². The summed E-state index contributed by atoms with van der Waals surface area (Å²) >= 11 is 0. The van der Waals surface area contributed by atoms with Gasteiger partial charge in [-0.2, -0.15) is 15.0 Å². The van der Waals surface area contributed by atoms with Crippen LogP contribution in [0.25, 0.3) is 5.31 Å². The molecule has 2 heterocycles. The maximum atomic E-state index is 5.57. The molecule has 0 saturated heterocycles. The van der Waals surface area contributed by atoms with Gasteiger partial charge in [-0.1, -0.05) is 26.3 Å². The van der Waals surface area contributed by atoms with Gasteiger partial charge in [0.15, 0.2) is 0 Å². The lowest BCUT2D eigenvalue weighted by atomic mass is 10.2. The molecule has 2 N–H and O–H groups in total. The average Bonchev–Trinajstić information content (AvgIpc) is 2.65. The van der Waals surface area contributed by atoms with Crippen molar-refractivity contribution in [1.29, 1.82) is 0 Å². The molecule has 4 nitrogen and oxygen atoms in total. The van der Waals surface area contributed by atoms with E-state index < -0.39 is 0 Å². The maximum Gasteiger partial charge on any atom is 0.113 e. The number of hydrogen-bond acceptors (Lipinski definition) is 3. The van der Waals surface area contributed by atoms with E-state index in [1.54, 1.807) is 11.0 Å². The van der Waals surface area contributed by atoms with E-state index in [0.717, 1.165) is 20.4 Å². The van der Waals surface area contributed by atoms with E-state index in [1.165, 1.54) is 10.9 Å². The van der Waals surface area contributed by atoms with Gasteiger partial charge >= 0.3 is 0 Å². The van der Waals surface area contributed by atoms with Crippen molar-refractivity contribution in [3.63, 3.8) is 0 Å². The third-order valence-corrected chi connectivity index (χ3v) is 3.56. The van der Waals surface area contributed by atoms with Crippen molar-refractivity contribution in [3.8, 4) is 0 Å². The molecule has 1 aromatic heterocycles. The fraction of sp³-hybridized carbons (Fsp3) is 0.333. The predicted octanol–water partition coefficient (Wildman–Crippen LogP) is 0.733. The number of hydrogen-bond donors (Lipinski definition) is 1. The SMILES string of the molecule is Cn1ncc(C2=CC=C(CN)CP2)n1. The molecular formula is C9H13N4P. The van der Waals surface area contributed by atoms with Crippen LogP contribution in [0, 0.1) is 0 Å². The molecule has 0 radical (unpaired) electrons. The van der Waals surface area contributed by atoms with E-state index >= 15 is 0 Å². The Bertz CT molecular complexity index is 391. The van der Waals surface area contributed by atoms with Gasteiger partial charge < -0.3 is 5.73 Å². The fourth-order valence-electron chi connectivity index (χ4n) is 1.31. The molecule has 1 aliphatic heterocycles. The van der Waals surface area contributed by atoms with Gasteiger partial charge in [0.05, 0.1) is 6.20 Å². The van der Waals surface area contributed by atoms with Crippen molar-refractivity contribution in [2.45, 2.75) is 0 Å². The molecule has 0 aromatic carbocycles.